The van der Waals surface area contributed by atoms with Crippen LogP contribution in [0, 0.1) is 0 Å². The SMILES string of the molecule is O=C(NCc1ccc(CN2CCCC2)cc1)c1ccc(-n2cncn2)cc1. The van der Waals surface area contributed by atoms with Crippen molar-refractivity contribution >= 4 is 5.91 Å². The molecule has 1 aliphatic rings. The first-order valence-electron chi connectivity index (χ1n) is 9.31. The van der Waals surface area contributed by atoms with Crippen molar-refractivity contribution in [1.29, 1.82) is 0 Å². The Morgan fingerprint density at radius 2 is 1.67 bits per heavy atom. The molecule has 0 spiro atoms. The first-order chi connectivity index (χ1) is 13.3. The summed E-state index contributed by atoms with van der Waals surface area (Å²) in [5, 5.41) is 7.06. The van der Waals surface area contributed by atoms with Gasteiger partial charge in [0.15, 0.2) is 0 Å². The number of nitrogens with one attached hydrogen (secondary N) is 1. The maximum atomic E-state index is 12.4. The van der Waals surface area contributed by atoms with Gasteiger partial charge in [-0.25, -0.2) is 9.67 Å². The van der Waals surface area contributed by atoms with Crippen LogP contribution in [0.5, 0.6) is 0 Å². The van der Waals surface area contributed by atoms with Crippen molar-refractivity contribution in [2.45, 2.75) is 25.9 Å². The summed E-state index contributed by atoms with van der Waals surface area (Å²) in [5.41, 5.74) is 3.94. The van der Waals surface area contributed by atoms with Gasteiger partial charge in [-0.05, 0) is 61.3 Å². The average molecular weight is 361 g/mol. The van der Waals surface area contributed by atoms with Gasteiger partial charge in [0.1, 0.15) is 12.7 Å². The number of hydrogen-bond acceptors (Lipinski definition) is 4. The lowest BCUT2D eigenvalue weighted by Gasteiger charge is -2.14. The Labute approximate surface area is 158 Å². The fourth-order valence-corrected chi connectivity index (χ4v) is 3.35. The predicted molar refractivity (Wildman–Crippen MR) is 103 cm³/mol. The van der Waals surface area contributed by atoms with E-state index in [1.165, 1.54) is 37.8 Å². The number of carbonyl (C=O) groups excluding carboxylic acids is 1. The zero-order valence-electron chi connectivity index (χ0n) is 15.2. The Balaban J connectivity index is 1.30. The third-order valence-electron chi connectivity index (χ3n) is 4.89. The van der Waals surface area contributed by atoms with Crippen LogP contribution in [-0.4, -0.2) is 38.7 Å². The molecular weight excluding hydrogens is 338 g/mol. The Morgan fingerprint density at radius 3 is 2.33 bits per heavy atom. The van der Waals surface area contributed by atoms with Crippen molar-refractivity contribution in [1.82, 2.24) is 25.0 Å². The Morgan fingerprint density at radius 1 is 0.963 bits per heavy atom. The van der Waals surface area contributed by atoms with Gasteiger partial charge in [0.05, 0.1) is 5.69 Å². The summed E-state index contributed by atoms with van der Waals surface area (Å²) in [6.45, 7) is 3.94. The summed E-state index contributed by atoms with van der Waals surface area (Å²) >= 11 is 0. The molecule has 1 aliphatic heterocycles. The third kappa shape index (κ3) is 4.41. The van der Waals surface area contributed by atoms with Crippen LogP contribution in [0.4, 0.5) is 0 Å². The van der Waals surface area contributed by atoms with Crippen molar-refractivity contribution in [3.63, 3.8) is 0 Å². The number of nitrogens with zero attached hydrogens (tertiary/aromatic N) is 4. The second kappa shape index (κ2) is 8.14. The van der Waals surface area contributed by atoms with E-state index in [-0.39, 0.29) is 5.91 Å². The minimum atomic E-state index is -0.0821. The largest absolute Gasteiger partial charge is 0.348 e. The number of carbonyl (C=O) groups is 1. The molecule has 2 aromatic carbocycles. The molecule has 6 nitrogen and oxygen atoms in total. The summed E-state index contributed by atoms with van der Waals surface area (Å²) < 4.78 is 1.66. The van der Waals surface area contributed by atoms with E-state index in [1.807, 2.05) is 12.1 Å². The molecule has 1 amide bonds. The lowest BCUT2D eigenvalue weighted by atomic mass is 10.1. The van der Waals surface area contributed by atoms with Gasteiger partial charge in [0.25, 0.3) is 5.91 Å². The standard InChI is InChI=1S/C21H23N5O/c27-21(19-7-9-20(10-8-19)26-16-22-15-24-26)23-13-17-3-5-18(6-4-17)14-25-11-1-2-12-25/h3-10,15-16H,1-2,11-14H2,(H,23,27). The van der Waals surface area contributed by atoms with E-state index >= 15 is 0 Å². The van der Waals surface area contributed by atoms with Gasteiger partial charge in [0, 0.05) is 18.7 Å². The van der Waals surface area contributed by atoms with E-state index in [4.69, 9.17) is 0 Å². The van der Waals surface area contributed by atoms with Gasteiger partial charge < -0.3 is 5.32 Å². The summed E-state index contributed by atoms with van der Waals surface area (Å²) in [7, 11) is 0. The van der Waals surface area contributed by atoms with E-state index < -0.39 is 0 Å². The average Bonchev–Trinajstić information content (AvgIpc) is 3.42. The van der Waals surface area contributed by atoms with Crippen LogP contribution >= 0.6 is 0 Å². The maximum Gasteiger partial charge on any atom is 0.251 e. The number of benzene rings is 2. The Hall–Kier alpha value is -2.99. The molecule has 3 aromatic rings. The molecule has 0 saturated carbocycles. The van der Waals surface area contributed by atoms with Gasteiger partial charge >= 0.3 is 0 Å². The zero-order valence-corrected chi connectivity index (χ0v) is 15.2. The lowest BCUT2D eigenvalue weighted by Crippen LogP contribution is -2.22. The highest BCUT2D eigenvalue weighted by Crippen LogP contribution is 2.13. The lowest BCUT2D eigenvalue weighted by molar-refractivity contribution is 0.0951. The van der Waals surface area contributed by atoms with Crippen LogP contribution < -0.4 is 5.32 Å². The van der Waals surface area contributed by atoms with Crippen LogP contribution in [0.15, 0.2) is 61.2 Å². The normalized spacial score (nSPS) is 14.4. The molecule has 27 heavy (non-hydrogen) atoms. The molecule has 0 aliphatic carbocycles. The number of amides is 1. The van der Waals surface area contributed by atoms with Crippen molar-refractivity contribution in [2.75, 3.05) is 13.1 Å². The number of aromatic nitrogens is 3. The molecule has 1 N–H and O–H groups in total. The molecule has 4 rings (SSSR count). The molecule has 0 bridgehead atoms. The van der Waals surface area contributed by atoms with Crippen LogP contribution in [0.25, 0.3) is 5.69 Å². The highest BCUT2D eigenvalue weighted by Gasteiger charge is 2.11. The third-order valence-corrected chi connectivity index (χ3v) is 4.89. The second-order valence-corrected chi connectivity index (χ2v) is 6.87. The van der Waals surface area contributed by atoms with Gasteiger partial charge in [-0.1, -0.05) is 24.3 Å². The topological polar surface area (TPSA) is 63.1 Å². The molecule has 138 valence electrons. The fourth-order valence-electron chi connectivity index (χ4n) is 3.35. The van der Waals surface area contributed by atoms with Crippen LogP contribution in [0.1, 0.15) is 34.3 Å². The molecule has 0 atom stereocenters. The summed E-state index contributed by atoms with van der Waals surface area (Å²) in [6, 6.07) is 15.8. The van der Waals surface area contributed by atoms with Crippen LogP contribution in [0.2, 0.25) is 0 Å². The summed E-state index contributed by atoms with van der Waals surface area (Å²) in [5.74, 6) is -0.0821. The predicted octanol–water partition coefficient (Wildman–Crippen LogP) is 2.79. The minimum Gasteiger partial charge on any atom is -0.348 e. The van der Waals surface area contributed by atoms with Gasteiger partial charge in [-0.2, -0.15) is 5.10 Å². The molecular formula is C21H23N5O. The van der Waals surface area contributed by atoms with Crippen molar-refractivity contribution in [3.05, 3.63) is 77.9 Å². The first-order valence-corrected chi connectivity index (χ1v) is 9.31. The van der Waals surface area contributed by atoms with Crippen LogP contribution in [-0.2, 0) is 13.1 Å². The van der Waals surface area contributed by atoms with E-state index in [1.54, 1.807) is 23.1 Å². The molecule has 2 heterocycles. The molecule has 1 aromatic heterocycles. The van der Waals surface area contributed by atoms with E-state index in [0.29, 0.717) is 12.1 Å². The van der Waals surface area contributed by atoms with Gasteiger partial charge in [-0.3, -0.25) is 9.69 Å². The summed E-state index contributed by atoms with van der Waals surface area (Å²) in [6.07, 6.45) is 5.73. The van der Waals surface area contributed by atoms with Gasteiger partial charge in [-0.15, -0.1) is 0 Å². The van der Waals surface area contributed by atoms with Crippen molar-refractivity contribution in [3.8, 4) is 5.69 Å². The quantitative estimate of drug-likeness (QED) is 0.733. The smallest absolute Gasteiger partial charge is 0.251 e. The molecule has 0 unspecified atom stereocenters. The monoisotopic (exact) mass is 361 g/mol. The van der Waals surface area contributed by atoms with Crippen molar-refractivity contribution < 1.29 is 4.79 Å². The zero-order chi connectivity index (χ0) is 18.5. The van der Waals surface area contributed by atoms with Crippen molar-refractivity contribution in [2.24, 2.45) is 0 Å². The minimum absolute atomic E-state index is 0.0821. The number of likely N-dealkylation sites (tertiary alicyclic amines) is 1. The van der Waals surface area contributed by atoms with Gasteiger partial charge in [0.2, 0.25) is 0 Å². The molecule has 1 saturated heterocycles. The molecule has 1 fully saturated rings. The highest BCUT2D eigenvalue weighted by molar-refractivity contribution is 5.94. The van der Waals surface area contributed by atoms with E-state index in [2.05, 4.69) is 44.6 Å². The second-order valence-electron chi connectivity index (χ2n) is 6.87. The highest BCUT2D eigenvalue weighted by atomic mass is 16.1. The number of hydrogen-bond donors (Lipinski definition) is 1. The number of rotatable bonds is 6. The maximum absolute atomic E-state index is 12.4. The van der Waals surface area contributed by atoms with Crippen LogP contribution in [0.3, 0.4) is 0 Å². The molecule has 6 heteroatoms. The fraction of sp³-hybridized carbons (Fsp3) is 0.286. The molecule has 0 radical (unpaired) electrons. The first kappa shape index (κ1) is 17.4. The van der Waals surface area contributed by atoms with E-state index in [0.717, 1.165) is 17.8 Å². The Bertz CT molecular complexity index is 866. The summed E-state index contributed by atoms with van der Waals surface area (Å²) in [4.78, 5) is 18.8. The Kier molecular flexibility index (Phi) is 5.25. The van der Waals surface area contributed by atoms with E-state index in [9.17, 15) is 4.79 Å².